The second-order valence-corrected chi connectivity index (χ2v) is 9.79. The minimum Gasteiger partial charge on any atom is -0.468 e. The molecule has 1 fully saturated rings. The first kappa shape index (κ1) is 25.7. The van der Waals surface area contributed by atoms with Gasteiger partial charge in [-0.1, -0.05) is 66.9 Å². The van der Waals surface area contributed by atoms with Crippen LogP contribution in [-0.2, 0) is 9.53 Å². The molecule has 1 saturated carbocycles. The summed E-state index contributed by atoms with van der Waals surface area (Å²) in [5.41, 5.74) is 3.09. The fourth-order valence-electron chi connectivity index (χ4n) is 4.83. The third-order valence-corrected chi connectivity index (χ3v) is 7.08. The third kappa shape index (κ3) is 5.78. The van der Waals surface area contributed by atoms with Crippen molar-refractivity contribution in [3.63, 3.8) is 0 Å². The number of hydrogen-bond acceptors (Lipinski definition) is 8. The molecule has 1 aliphatic heterocycles. The zero-order valence-corrected chi connectivity index (χ0v) is 21.8. The van der Waals surface area contributed by atoms with Crippen molar-refractivity contribution in [1.29, 1.82) is 0 Å². The minimum atomic E-state index is -0.548. The Morgan fingerprint density at radius 3 is 2.53 bits per heavy atom. The third-order valence-electron chi connectivity index (χ3n) is 6.82. The van der Waals surface area contributed by atoms with Crippen LogP contribution in [0.4, 0.5) is 11.8 Å². The van der Waals surface area contributed by atoms with E-state index in [9.17, 15) is 9.59 Å². The molecule has 1 aromatic heterocycles. The summed E-state index contributed by atoms with van der Waals surface area (Å²) in [4.78, 5) is 33.9. The molecule has 2 aliphatic rings. The quantitative estimate of drug-likeness (QED) is 0.414. The normalized spacial score (nSPS) is 17.3. The number of nitrogens with zero attached hydrogens (tertiary/aromatic N) is 4. The highest BCUT2D eigenvalue weighted by atomic mass is 35.5. The first-order valence-electron chi connectivity index (χ1n) is 12.7. The highest BCUT2D eigenvalue weighted by Gasteiger charge is 2.33. The number of rotatable bonds is 8. The summed E-state index contributed by atoms with van der Waals surface area (Å²) in [6, 6.07) is 18.0. The molecule has 0 radical (unpaired) electrons. The summed E-state index contributed by atoms with van der Waals surface area (Å²) < 4.78 is 4.66. The number of anilines is 2. The Morgan fingerprint density at radius 1 is 1.08 bits per heavy atom. The molecular weight excluding hydrogens is 504 g/mol. The monoisotopic (exact) mass is 532 g/mol. The van der Waals surface area contributed by atoms with E-state index in [0.717, 1.165) is 42.5 Å². The van der Waals surface area contributed by atoms with Crippen molar-refractivity contribution >= 4 is 41.0 Å². The fraction of sp³-hybridized carbons (Fsp3) is 0.321. The van der Waals surface area contributed by atoms with Crippen LogP contribution in [0.15, 0.2) is 65.9 Å². The molecule has 196 valence electrons. The van der Waals surface area contributed by atoms with Gasteiger partial charge < -0.3 is 15.4 Å². The maximum atomic E-state index is 13.1. The number of hydrazone groups is 1. The van der Waals surface area contributed by atoms with Crippen LogP contribution in [0, 0.1) is 0 Å². The topological polar surface area (TPSA) is 109 Å². The van der Waals surface area contributed by atoms with Gasteiger partial charge in [0, 0.05) is 23.2 Å². The molecule has 5 rings (SSSR count). The molecule has 1 unspecified atom stereocenters. The van der Waals surface area contributed by atoms with Gasteiger partial charge >= 0.3 is 5.97 Å². The Hall–Kier alpha value is -3.98. The Morgan fingerprint density at radius 2 is 1.82 bits per heavy atom. The lowest BCUT2D eigenvalue weighted by Crippen LogP contribution is -2.32. The Kier molecular flexibility index (Phi) is 7.83. The van der Waals surface area contributed by atoms with E-state index in [1.165, 1.54) is 13.3 Å². The van der Waals surface area contributed by atoms with Crippen LogP contribution in [0.5, 0.6) is 0 Å². The summed E-state index contributed by atoms with van der Waals surface area (Å²) in [5.74, 6) is -0.280. The standard InChI is InChI=1S/C28H29ClN6O3/c1-38-24(36)16-30-27(37)22-15-31-28(32-21-9-5-6-10-21)33-26(22)35-17-23(18-7-3-2-4-8-18)25(34-35)19-11-13-20(29)14-12-19/h2-4,7-8,11-15,21,23H,5-6,9-10,16-17H2,1H3,(H,30,37)(H,31,32,33). The van der Waals surface area contributed by atoms with E-state index in [1.807, 2.05) is 42.5 Å². The molecule has 2 heterocycles. The summed E-state index contributed by atoms with van der Waals surface area (Å²) in [5, 5.41) is 13.3. The number of carbonyl (C=O) groups excluding carboxylic acids is 2. The largest absolute Gasteiger partial charge is 0.468 e. The van der Waals surface area contributed by atoms with Gasteiger partial charge in [-0.3, -0.25) is 9.59 Å². The molecule has 0 saturated heterocycles. The number of ether oxygens (including phenoxy) is 1. The highest BCUT2D eigenvalue weighted by molar-refractivity contribution is 6.30. The van der Waals surface area contributed by atoms with Gasteiger partial charge in [0.05, 0.1) is 19.4 Å². The maximum Gasteiger partial charge on any atom is 0.325 e. The molecule has 2 aromatic carbocycles. The average molecular weight is 533 g/mol. The summed E-state index contributed by atoms with van der Waals surface area (Å²) in [6.45, 7) is 0.210. The molecule has 1 amide bonds. The van der Waals surface area contributed by atoms with E-state index in [2.05, 4.69) is 32.5 Å². The van der Waals surface area contributed by atoms with Crippen molar-refractivity contribution in [3.05, 3.63) is 82.5 Å². The number of carbonyl (C=O) groups is 2. The SMILES string of the molecule is COC(=O)CNC(=O)c1cnc(NC2CCCC2)nc1N1CC(c2ccccc2)C(c2ccc(Cl)cc2)=N1. The lowest BCUT2D eigenvalue weighted by atomic mass is 9.91. The minimum absolute atomic E-state index is 0.0652. The van der Waals surface area contributed by atoms with E-state index in [1.54, 1.807) is 5.01 Å². The van der Waals surface area contributed by atoms with Crippen molar-refractivity contribution < 1.29 is 14.3 Å². The van der Waals surface area contributed by atoms with Crippen molar-refractivity contribution in [2.75, 3.05) is 30.5 Å². The van der Waals surface area contributed by atoms with Crippen molar-refractivity contribution in [2.24, 2.45) is 5.10 Å². The molecule has 1 aliphatic carbocycles. The number of nitrogens with one attached hydrogen (secondary N) is 2. The number of benzene rings is 2. The van der Waals surface area contributed by atoms with Crippen LogP contribution in [0.25, 0.3) is 0 Å². The molecule has 38 heavy (non-hydrogen) atoms. The second-order valence-electron chi connectivity index (χ2n) is 9.35. The molecule has 0 spiro atoms. The zero-order chi connectivity index (χ0) is 26.5. The van der Waals surface area contributed by atoms with Crippen molar-refractivity contribution in [3.8, 4) is 0 Å². The number of halogens is 1. The van der Waals surface area contributed by atoms with Gasteiger partial charge in [0.15, 0.2) is 5.82 Å². The predicted molar refractivity (Wildman–Crippen MR) is 147 cm³/mol. The van der Waals surface area contributed by atoms with Crippen LogP contribution < -0.4 is 15.6 Å². The predicted octanol–water partition coefficient (Wildman–Crippen LogP) is 4.40. The van der Waals surface area contributed by atoms with E-state index >= 15 is 0 Å². The van der Waals surface area contributed by atoms with Crippen molar-refractivity contribution in [1.82, 2.24) is 15.3 Å². The van der Waals surface area contributed by atoms with Crippen LogP contribution in [0.1, 0.15) is 53.1 Å². The lowest BCUT2D eigenvalue weighted by Gasteiger charge is -2.20. The molecule has 9 nitrogen and oxygen atoms in total. The highest BCUT2D eigenvalue weighted by Crippen LogP contribution is 2.33. The Labute approximate surface area is 226 Å². The molecule has 2 N–H and O–H groups in total. The lowest BCUT2D eigenvalue weighted by molar-refractivity contribution is -0.139. The van der Waals surface area contributed by atoms with E-state index in [-0.39, 0.29) is 18.0 Å². The second kappa shape index (κ2) is 11.6. The first-order chi connectivity index (χ1) is 18.5. The summed E-state index contributed by atoms with van der Waals surface area (Å²) in [7, 11) is 1.27. The fourth-order valence-corrected chi connectivity index (χ4v) is 4.96. The number of hydrogen-bond donors (Lipinski definition) is 2. The Bertz CT molecular complexity index is 1330. The van der Waals surface area contributed by atoms with E-state index < -0.39 is 11.9 Å². The molecule has 1 atom stereocenters. The number of methoxy groups -OCH3 is 1. The molecule has 10 heteroatoms. The zero-order valence-electron chi connectivity index (χ0n) is 21.1. The molecular formula is C28H29ClN6O3. The van der Waals surface area contributed by atoms with Gasteiger partial charge in [0.25, 0.3) is 5.91 Å². The average Bonchev–Trinajstić information content (AvgIpc) is 3.63. The maximum absolute atomic E-state index is 13.1. The van der Waals surface area contributed by atoms with Crippen LogP contribution in [0.2, 0.25) is 5.02 Å². The first-order valence-corrected chi connectivity index (χ1v) is 13.0. The molecule has 3 aromatic rings. The van der Waals surface area contributed by atoms with Crippen LogP contribution >= 0.6 is 11.6 Å². The van der Waals surface area contributed by atoms with Gasteiger partial charge in [-0.25, -0.2) is 9.99 Å². The van der Waals surface area contributed by atoms with Crippen LogP contribution in [0.3, 0.4) is 0 Å². The van der Waals surface area contributed by atoms with Gasteiger partial charge in [-0.05, 0) is 36.1 Å². The van der Waals surface area contributed by atoms with Gasteiger partial charge in [-0.2, -0.15) is 10.1 Å². The van der Waals surface area contributed by atoms with Crippen LogP contribution in [-0.4, -0.2) is 53.8 Å². The summed E-state index contributed by atoms with van der Waals surface area (Å²) in [6.07, 6.45) is 5.92. The summed E-state index contributed by atoms with van der Waals surface area (Å²) >= 11 is 6.15. The smallest absolute Gasteiger partial charge is 0.325 e. The van der Waals surface area contributed by atoms with Gasteiger partial charge in [0.1, 0.15) is 12.1 Å². The van der Waals surface area contributed by atoms with Gasteiger partial charge in [0.2, 0.25) is 5.95 Å². The van der Waals surface area contributed by atoms with E-state index in [0.29, 0.717) is 29.4 Å². The number of aromatic nitrogens is 2. The van der Waals surface area contributed by atoms with Crippen molar-refractivity contribution in [2.45, 2.75) is 37.6 Å². The number of esters is 1. The van der Waals surface area contributed by atoms with E-state index in [4.69, 9.17) is 21.7 Å². The molecule has 0 bridgehead atoms. The Balaban J connectivity index is 1.53. The van der Waals surface area contributed by atoms with Gasteiger partial charge in [-0.15, -0.1) is 0 Å². The number of amides is 1.